The van der Waals surface area contributed by atoms with Gasteiger partial charge < -0.3 is 25.1 Å². The van der Waals surface area contributed by atoms with Gasteiger partial charge in [0.05, 0.1) is 0 Å². The quantitative estimate of drug-likeness (QED) is 0.271. The summed E-state index contributed by atoms with van der Waals surface area (Å²) in [7, 11) is 0. The number of rotatable bonds is 11. The molecule has 8 heteroatoms. The molecule has 3 rings (SSSR count). The molecule has 0 saturated carbocycles. The van der Waals surface area contributed by atoms with Crippen molar-refractivity contribution in [2.24, 2.45) is 0 Å². The Morgan fingerprint density at radius 1 is 0.872 bits per heavy atom. The summed E-state index contributed by atoms with van der Waals surface area (Å²) in [6, 6.07) is 15.4. The van der Waals surface area contributed by atoms with E-state index in [1.54, 1.807) is 20.8 Å². The zero-order valence-electron chi connectivity index (χ0n) is 23.8. The van der Waals surface area contributed by atoms with Crippen molar-refractivity contribution in [2.75, 3.05) is 0 Å². The Morgan fingerprint density at radius 2 is 1.54 bits per heavy atom. The Hall–Kier alpha value is -3.81. The van der Waals surface area contributed by atoms with Crippen LogP contribution in [0.4, 0.5) is 4.79 Å². The van der Waals surface area contributed by atoms with E-state index in [1.165, 1.54) is 0 Å². The lowest BCUT2D eigenvalue weighted by atomic mass is 9.97. The highest BCUT2D eigenvalue weighted by Gasteiger charge is 2.33. The lowest BCUT2D eigenvalue weighted by molar-refractivity contribution is -0.161. The van der Waals surface area contributed by atoms with Crippen molar-refractivity contribution in [3.63, 3.8) is 0 Å². The van der Waals surface area contributed by atoms with Crippen LogP contribution in [-0.4, -0.2) is 40.6 Å². The first-order chi connectivity index (χ1) is 18.4. The van der Waals surface area contributed by atoms with Crippen LogP contribution < -0.4 is 10.6 Å². The van der Waals surface area contributed by atoms with Crippen LogP contribution in [0.15, 0.2) is 60.8 Å². The second-order valence-corrected chi connectivity index (χ2v) is 11.3. The molecule has 1 aromatic heterocycles. The van der Waals surface area contributed by atoms with E-state index >= 15 is 0 Å². The van der Waals surface area contributed by atoms with Crippen molar-refractivity contribution >= 4 is 28.9 Å². The van der Waals surface area contributed by atoms with E-state index in [9.17, 15) is 14.4 Å². The molecule has 0 unspecified atom stereocenters. The zero-order chi connectivity index (χ0) is 28.6. The number of aromatic nitrogens is 1. The number of fused-ring (bicyclic) bond motifs is 1. The molecule has 39 heavy (non-hydrogen) atoms. The molecule has 0 saturated heterocycles. The first kappa shape index (κ1) is 29.7. The first-order valence-electron chi connectivity index (χ1n) is 13.5. The molecule has 0 aliphatic heterocycles. The van der Waals surface area contributed by atoms with Gasteiger partial charge in [-0.3, -0.25) is 4.79 Å². The number of hydrogen-bond donors (Lipinski definition) is 3. The number of amides is 2. The highest BCUT2D eigenvalue weighted by atomic mass is 16.6. The topological polar surface area (TPSA) is 110 Å². The van der Waals surface area contributed by atoms with Gasteiger partial charge in [0.1, 0.15) is 23.3 Å². The van der Waals surface area contributed by atoms with E-state index in [0.29, 0.717) is 12.8 Å². The summed E-state index contributed by atoms with van der Waals surface area (Å²) in [4.78, 5) is 42.8. The van der Waals surface area contributed by atoms with Gasteiger partial charge in [-0.05, 0) is 58.2 Å². The lowest BCUT2D eigenvalue weighted by Crippen LogP contribution is -2.53. The summed E-state index contributed by atoms with van der Waals surface area (Å²) < 4.78 is 11.4. The average Bonchev–Trinajstić information content (AvgIpc) is 3.28. The molecule has 3 aromatic rings. The van der Waals surface area contributed by atoms with Gasteiger partial charge in [0.25, 0.3) is 0 Å². The molecule has 1 heterocycles. The molecule has 0 spiro atoms. The minimum atomic E-state index is -0.982. The maximum absolute atomic E-state index is 13.6. The first-order valence-corrected chi connectivity index (χ1v) is 13.5. The largest absolute Gasteiger partial charge is 0.453 e. The van der Waals surface area contributed by atoms with Crippen molar-refractivity contribution in [1.29, 1.82) is 0 Å². The van der Waals surface area contributed by atoms with Crippen molar-refractivity contribution in [3.05, 3.63) is 71.9 Å². The summed E-state index contributed by atoms with van der Waals surface area (Å²) in [5, 5.41) is 6.52. The number of esters is 1. The van der Waals surface area contributed by atoms with E-state index in [-0.39, 0.29) is 6.42 Å². The number of benzene rings is 2. The fourth-order valence-corrected chi connectivity index (χ4v) is 4.33. The minimum Gasteiger partial charge on any atom is -0.453 e. The molecule has 0 fully saturated rings. The number of ether oxygens (including phenoxy) is 2. The standard InChI is InChI=1S/C31H41N3O5/c1-7-8-17-25(34-29(37)39-30(2,3)4)27(35)33-26(19-21-20-32-24-18-13-12-16-23(21)24)28(36)38-31(5,6)22-14-10-9-11-15-22/h9-16,18,20,25-26,32H,7-8,17,19H2,1-6H3,(H,33,35)(H,34,37)/t25-,26+/m0/s1. The van der Waals surface area contributed by atoms with E-state index in [1.807, 2.05) is 81.6 Å². The fourth-order valence-electron chi connectivity index (χ4n) is 4.33. The van der Waals surface area contributed by atoms with E-state index in [2.05, 4.69) is 15.6 Å². The number of hydrogen-bond acceptors (Lipinski definition) is 5. The van der Waals surface area contributed by atoms with Gasteiger partial charge in [-0.15, -0.1) is 0 Å². The number of alkyl carbamates (subject to hydrolysis) is 1. The second kappa shape index (κ2) is 12.8. The summed E-state index contributed by atoms with van der Waals surface area (Å²) in [6.07, 6.45) is 3.34. The van der Waals surface area contributed by atoms with Gasteiger partial charge in [0, 0.05) is 23.5 Å². The number of nitrogens with one attached hydrogen (secondary N) is 3. The monoisotopic (exact) mass is 535 g/mol. The van der Waals surface area contributed by atoms with Gasteiger partial charge in [0.15, 0.2) is 0 Å². The van der Waals surface area contributed by atoms with Gasteiger partial charge in [-0.25, -0.2) is 9.59 Å². The molecule has 0 aliphatic rings. The van der Waals surface area contributed by atoms with Crippen LogP contribution >= 0.6 is 0 Å². The fraction of sp³-hybridized carbons (Fsp3) is 0.452. The molecule has 2 aromatic carbocycles. The second-order valence-electron chi connectivity index (χ2n) is 11.3. The Balaban J connectivity index is 1.85. The Kier molecular flexibility index (Phi) is 9.78. The molecule has 210 valence electrons. The Bertz CT molecular complexity index is 1260. The lowest BCUT2D eigenvalue weighted by Gasteiger charge is -2.29. The Labute approximate surface area is 230 Å². The van der Waals surface area contributed by atoms with E-state index in [0.717, 1.165) is 28.5 Å². The molecule has 8 nitrogen and oxygen atoms in total. The van der Waals surface area contributed by atoms with Gasteiger partial charge in [0.2, 0.25) is 5.91 Å². The van der Waals surface area contributed by atoms with Crippen LogP contribution in [-0.2, 0) is 31.1 Å². The number of para-hydroxylation sites is 1. The van der Waals surface area contributed by atoms with Crippen LogP contribution in [0.5, 0.6) is 0 Å². The molecule has 3 N–H and O–H groups in total. The molecular formula is C31H41N3O5. The molecule has 2 amide bonds. The van der Waals surface area contributed by atoms with Gasteiger partial charge in [-0.1, -0.05) is 68.3 Å². The smallest absolute Gasteiger partial charge is 0.408 e. The predicted molar refractivity (Wildman–Crippen MR) is 152 cm³/mol. The molecular weight excluding hydrogens is 494 g/mol. The highest BCUT2D eigenvalue weighted by molar-refractivity contribution is 5.91. The normalized spacial score (nSPS) is 13.4. The Morgan fingerprint density at radius 3 is 2.21 bits per heavy atom. The SMILES string of the molecule is CCCC[C@H](NC(=O)OC(C)(C)C)C(=O)N[C@H](Cc1c[nH]c2ccccc12)C(=O)OC(C)(C)c1ccccc1. The molecule has 0 bridgehead atoms. The van der Waals surface area contributed by atoms with Gasteiger partial charge >= 0.3 is 12.1 Å². The predicted octanol–water partition coefficient (Wildman–Crippen LogP) is 5.76. The van der Waals surface area contributed by atoms with Crippen LogP contribution in [0.2, 0.25) is 0 Å². The highest BCUT2D eigenvalue weighted by Crippen LogP contribution is 2.26. The van der Waals surface area contributed by atoms with Gasteiger partial charge in [-0.2, -0.15) is 0 Å². The third-order valence-electron chi connectivity index (χ3n) is 6.38. The molecule has 0 aliphatic carbocycles. The summed E-state index contributed by atoms with van der Waals surface area (Å²) >= 11 is 0. The average molecular weight is 536 g/mol. The minimum absolute atomic E-state index is 0.215. The van der Waals surface area contributed by atoms with Crippen LogP contribution in [0.1, 0.15) is 71.9 Å². The number of unbranched alkanes of at least 4 members (excludes halogenated alkanes) is 1. The molecule has 2 atom stereocenters. The van der Waals surface area contributed by atoms with Crippen LogP contribution in [0, 0.1) is 0 Å². The van der Waals surface area contributed by atoms with Crippen LogP contribution in [0.3, 0.4) is 0 Å². The summed E-state index contributed by atoms with van der Waals surface area (Å²) in [5.41, 5.74) is 1.01. The van der Waals surface area contributed by atoms with Crippen LogP contribution in [0.25, 0.3) is 10.9 Å². The maximum atomic E-state index is 13.6. The van der Waals surface area contributed by atoms with Crippen molar-refractivity contribution in [3.8, 4) is 0 Å². The van der Waals surface area contributed by atoms with E-state index in [4.69, 9.17) is 9.47 Å². The van der Waals surface area contributed by atoms with Crippen molar-refractivity contribution in [1.82, 2.24) is 15.6 Å². The summed E-state index contributed by atoms with van der Waals surface area (Å²) in [6.45, 7) is 10.9. The maximum Gasteiger partial charge on any atom is 0.408 e. The zero-order valence-corrected chi connectivity index (χ0v) is 23.8. The van der Waals surface area contributed by atoms with E-state index < -0.39 is 41.3 Å². The number of carbonyl (C=O) groups is 3. The summed E-state index contributed by atoms with van der Waals surface area (Å²) in [5.74, 6) is -1.03. The third kappa shape index (κ3) is 8.60. The van der Waals surface area contributed by atoms with Crippen molar-refractivity contribution in [2.45, 2.75) is 90.5 Å². The van der Waals surface area contributed by atoms with Crippen molar-refractivity contribution < 1.29 is 23.9 Å². The number of carbonyl (C=O) groups excluding carboxylic acids is 3. The third-order valence-corrected chi connectivity index (χ3v) is 6.38. The molecule has 0 radical (unpaired) electrons. The number of aromatic amines is 1. The number of H-pyrrole nitrogens is 1.